The zero-order valence-corrected chi connectivity index (χ0v) is 14.5. The molecule has 0 bridgehead atoms. The fraction of sp³-hybridized carbons (Fsp3) is 0.0556. The summed E-state index contributed by atoms with van der Waals surface area (Å²) in [5, 5.41) is 3.04. The number of anilines is 1. The van der Waals surface area contributed by atoms with Gasteiger partial charge in [0, 0.05) is 10.7 Å². The lowest BCUT2D eigenvalue weighted by atomic mass is 10.2. The van der Waals surface area contributed by atoms with Crippen molar-refractivity contribution in [3.05, 3.63) is 83.3 Å². The number of nitrogens with one attached hydrogen (secondary N) is 1. The third kappa shape index (κ3) is 4.10. The Morgan fingerprint density at radius 3 is 2.36 bits per heavy atom. The normalized spacial score (nSPS) is 11.2. The molecule has 0 aliphatic rings. The monoisotopic (exact) mass is 375 g/mol. The molecule has 0 atom stereocenters. The predicted molar refractivity (Wildman–Crippen MR) is 95.4 cm³/mol. The Morgan fingerprint density at radius 2 is 1.72 bits per heavy atom. The molecule has 0 aliphatic carbocycles. The van der Waals surface area contributed by atoms with Crippen LogP contribution in [0.25, 0.3) is 0 Å². The third-order valence-electron chi connectivity index (χ3n) is 3.52. The summed E-state index contributed by atoms with van der Waals surface area (Å²) in [6, 6.07) is 15.9. The number of hydrogen-bond donors (Lipinski definition) is 1. The molecule has 2 aromatic carbocycles. The third-order valence-corrected chi connectivity index (χ3v) is 5.57. The number of sulfone groups is 1. The first kappa shape index (κ1) is 17.3. The van der Waals surface area contributed by atoms with E-state index >= 15 is 0 Å². The molecule has 1 N–H and O–H groups in total. The summed E-state index contributed by atoms with van der Waals surface area (Å²) < 4.78 is 30.0. The van der Waals surface area contributed by atoms with E-state index in [1.165, 1.54) is 36.6 Å². The molecule has 128 valence electrons. The second kappa shape index (κ2) is 7.13. The Labute approximate surface area is 150 Å². The van der Waals surface area contributed by atoms with Crippen LogP contribution in [0.4, 0.5) is 5.69 Å². The highest BCUT2D eigenvalue weighted by molar-refractivity contribution is 7.90. The zero-order valence-electron chi connectivity index (χ0n) is 13.0. The van der Waals surface area contributed by atoms with Crippen LogP contribution in [0.5, 0.6) is 0 Å². The maximum Gasteiger partial charge on any atom is 0.291 e. The lowest BCUT2D eigenvalue weighted by Gasteiger charge is -2.08. The molecule has 25 heavy (non-hydrogen) atoms. The smallest absolute Gasteiger partial charge is 0.291 e. The molecule has 1 amide bonds. The Bertz CT molecular complexity index is 980. The molecule has 0 spiro atoms. The molecule has 1 aromatic heterocycles. The standard InChI is InChI=1S/C18H14ClNO4S/c19-16-5-2-1-4-13(16)12-25(22,23)15-9-7-14(8-10-15)20-18(21)17-6-3-11-24-17/h1-11H,12H2,(H,20,21). The van der Waals surface area contributed by atoms with Gasteiger partial charge in [-0.15, -0.1) is 0 Å². The van der Waals surface area contributed by atoms with Gasteiger partial charge < -0.3 is 9.73 Å². The van der Waals surface area contributed by atoms with Crippen LogP contribution < -0.4 is 5.32 Å². The van der Waals surface area contributed by atoms with Gasteiger partial charge in [0.1, 0.15) is 0 Å². The highest BCUT2D eigenvalue weighted by Gasteiger charge is 2.17. The van der Waals surface area contributed by atoms with Gasteiger partial charge in [-0.2, -0.15) is 0 Å². The molecule has 0 unspecified atom stereocenters. The van der Waals surface area contributed by atoms with E-state index in [9.17, 15) is 13.2 Å². The molecule has 1 heterocycles. The van der Waals surface area contributed by atoms with Gasteiger partial charge in [0.2, 0.25) is 0 Å². The van der Waals surface area contributed by atoms with Crippen LogP contribution in [0.3, 0.4) is 0 Å². The Kier molecular flexibility index (Phi) is 4.92. The van der Waals surface area contributed by atoms with E-state index in [0.717, 1.165) is 0 Å². The predicted octanol–water partition coefficient (Wildman–Crippen LogP) is 4.16. The van der Waals surface area contributed by atoms with Crippen molar-refractivity contribution in [2.24, 2.45) is 0 Å². The largest absolute Gasteiger partial charge is 0.459 e. The summed E-state index contributed by atoms with van der Waals surface area (Å²) >= 11 is 6.03. The van der Waals surface area contributed by atoms with E-state index in [1.807, 2.05) is 0 Å². The van der Waals surface area contributed by atoms with Gasteiger partial charge in [-0.1, -0.05) is 29.8 Å². The molecule has 0 radical (unpaired) electrons. The highest BCUT2D eigenvalue weighted by Crippen LogP contribution is 2.23. The first-order chi connectivity index (χ1) is 12.0. The molecule has 3 aromatic rings. The molecule has 7 heteroatoms. The van der Waals surface area contributed by atoms with Crippen molar-refractivity contribution >= 4 is 33.0 Å². The number of amides is 1. The highest BCUT2D eigenvalue weighted by atomic mass is 35.5. The molecule has 0 saturated heterocycles. The second-order valence-electron chi connectivity index (χ2n) is 5.31. The van der Waals surface area contributed by atoms with Crippen LogP contribution in [-0.4, -0.2) is 14.3 Å². The molecule has 0 saturated carbocycles. The zero-order chi connectivity index (χ0) is 17.9. The van der Waals surface area contributed by atoms with Crippen molar-refractivity contribution in [1.82, 2.24) is 0 Å². The summed E-state index contributed by atoms with van der Waals surface area (Å²) in [7, 11) is -3.54. The minimum atomic E-state index is -3.54. The molecule has 0 fully saturated rings. The van der Waals surface area contributed by atoms with E-state index in [0.29, 0.717) is 16.3 Å². The van der Waals surface area contributed by atoms with E-state index in [-0.39, 0.29) is 16.4 Å². The Morgan fingerprint density at radius 1 is 1.00 bits per heavy atom. The van der Waals surface area contributed by atoms with Crippen molar-refractivity contribution in [2.75, 3.05) is 5.32 Å². The minimum absolute atomic E-state index is 0.156. The van der Waals surface area contributed by atoms with Crippen LogP contribution in [0, 0.1) is 0 Å². The van der Waals surface area contributed by atoms with Crippen LogP contribution in [-0.2, 0) is 15.6 Å². The molecule has 5 nitrogen and oxygen atoms in total. The number of hydrogen-bond acceptors (Lipinski definition) is 4. The molecular weight excluding hydrogens is 362 g/mol. The first-order valence-electron chi connectivity index (χ1n) is 7.37. The second-order valence-corrected chi connectivity index (χ2v) is 7.70. The van der Waals surface area contributed by atoms with E-state index in [2.05, 4.69) is 5.32 Å². The molecule has 3 rings (SSSR count). The van der Waals surface area contributed by atoms with Crippen molar-refractivity contribution in [1.29, 1.82) is 0 Å². The van der Waals surface area contributed by atoms with E-state index in [1.54, 1.807) is 30.3 Å². The quantitative estimate of drug-likeness (QED) is 0.726. The summed E-state index contributed by atoms with van der Waals surface area (Å²) in [4.78, 5) is 12.1. The molecular formula is C18H14ClNO4S. The van der Waals surface area contributed by atoms with Gasteiger partial charge >= 0.3 is 0 Å². The minimum Gasteiger partial charge on any atom is -0.459 e. The maximum absolute atomic E-state index is 12.5. The summed E-state index contributed by atoms with van der Waals surface area (Å²) in [5.74, 6) is -0.419. The van der Waals surface area contributed by atoms with Gasteiger partial charge in [0.15, 0.2) is 15.6 Å². The summed E-state index contributed by atoms with van der Waals surface area (Å²) in [5.41, 5.74) is 1.01. The van der Waals surface area contributed by atoms with Crippen molar-refractivity contribution in [3.8, 4) is 0 Å². The van der Waals surface area contributed by atoms with Crippen molar-refractivity contribution < 1.29 is 17.6 Å². The Balaban J connectivity index is 1.75. The SMILES string of the molecule is O=C(Nc1ccc(S(=O)(=O)Cc2ccccc2Cl)cc1)c1ccco1. The number of carbonyl (C=O) groups is 1. The van der Waals surface area contributed by atoms with Crippen LogP contribution in [0.2, 0.25) is 5.02 Å². The number of benzene rings is 2. The maximum atomic E-state index is 12.5. The fourth-order valence-electron chi connectivity index (χ4n) is 2.25. The topological polar surface area (TPSA) is 76.4 Å². The summed E-state index contributed by atoms with van der Waals surface area (Å²) in [6.45, 7) is 0. The van der Waals surface area contributed by atoms with E-state index < -0.39 is 15.7 Å². The lowest BCUT2D eigenvalue weighted by molar-refractivity contribution is 0.0996. The number of carbonyl (C=O) groups excluding carboxylic acids is 1. The lowest BCUT2D eigenvalue weighted by Crippen LogP contribution is -2.11. The summed E-state index contributed by atoms with van der Waals surface area (Å²) in [6.07, 6.45) is 1.40. The van der Waals surface area contributed by atoms with Gasteiger partial charge in [0.05, 0.1) is 16.9 Å². The Hall–Kier alpha value is -2.57. The van der Waals surface area contributed by atoms with Gasteiger partial charge in [-0.05, 0) is 48.0 Å². The van der Waals surface area contributed by atoms with Crippen LogP contribution in [0.1, 0.15) is 16.1 Å². The van der Waals surface area contributed by atoms with Gasteiger partial charge in [-0.3, -0.25) is 4.79 Å². The molecule has 0 aliphatic heterocycles. The van der Waals surface area contributed by atoms with Crippen molar-refractivity contribution in [3.63, 3.8) is 0 Å². The average molecular weight is 376 g/mol. The average Bonchev–Trinajstić information content (AvgIpc) is 3.12. The number of furan rings is 1. The number of rotatable bonds is 5. The van der Waals surface area contributed by atoms with E-state index in [4.69, 9.17) is 16.0 Å². The van der Waals surface area contributed by atoms with Gasteiger partial charge in [0.25, 0.3) is 5.91 Å². The van der Waals surface area contributed by atoms with Crippen molar-refractivity contribution in [2.45, 2.75) is 10.6 Å². The number of halogens is 1. The fourth-order valence-corrected chi connectivity index (χ4v) is 3.91. The first-order valence-corrected chi connectivity index (χ1v) is 9.40. The van der Waals surface area contributed by atoms with Gasteiger partial charge in [-0.25, -0.2) is 8.42 Å². The van der Waals surface area contributed by atoms with Crippen LogP contribution in [0.15, 0.2) is 76.2 Å². The van der Waals surface area contributed by atoms with Crippen LogP contribution >= 0.6 is 11.6 Å².